The number of methoxy groups -OCH3 is 1. The van der Waals surface area contributed by atoms with Gasteiger partial charge >= 0.3 is 0 Å². The van der Waals surface area contributed by atoms with Gasteiger partial charge in [-0.25, -0.2) is 0 Å². The summed E-state index contributed by atoms with van der Waals surface area (Å²) in [5, 5.41) is 3.76. The first-order valence-corrected chi connectivity index (χ1v) is 4.71. The van der Waals surface area contributed by atoms with Crippen LogP contribution in [0.25, 0.3) is 11.4 Å². The molecule has 72 valence electrons. The van der Waals surface area contributed by atoms with Crippen molar-refractivity contribution in [3.8, 4) is 17.1 Å². The van der Waals surface area contributed by atoms with Gasteiger partial charge in [-0.3, -0.25) is 0 Å². The first kappa shape index (κ1) is 9.21. The Morgan fingerprint density at radius 2 is 2.29 bits per heavy atom. The van der Waals surface area contributed by atoms with Crippen molar-refractivity contribution in [3.63, 3.8) is 0 Å². The van der Waals surface area contributed by atoms with Gasteiger partial charge < -0.3 is 9.26 Å². The summed E-state index contributed by atoms with van der Waals surface area (Å²) in [6.45, 7) is 0. The molecule has 2 rings (SSSR count). The molecule has 0 fully saturated rings. The highest BCUT2D eigenvalue weighted by molar-refractivity contribution is 9.10. The predicted octanol–water partition coefficient (Wildman–Crippen LogP) is 2.51. The van der Waals surface area contributed by atoms with E-state index in [4.69, 9.17) is 4.74 Å². The van der Waals surface area contributed by atoms with Gasteiger partial charge in [0, 0.05) is 4.47 Å². The molecule has 0 saturated carbocycles. The number of rotatable bonds is 2. The molecular weight excluding hydrogens is 248 g/mol. The van der Waals surface area contributed by atoms with E-state index in [1.807, 2.05) is 18.2 Å². The van der Waals surface area contributed by atoms with Crippen LogP contribution in [0.15, 0.2) is 33.6 Å². The summed E-state index contributed by atoms with van der Waals surface area (Å²) in [6.07, 6.45) is 1.29. The van der Waals surface area contributed by atoms with E-state index in [-0.39, 0.29) is 0 Å². The predicted molar refractivity (Wildman–Crippen MR) is 54.0 cm³/mol. The fourth-order valence-electron chi connectivity index (χ4n) is 1.17. The van der Waals surface area contributed by atoms with Gasteiger partial charge in [0.05, 0.1) is 12.7 Å². The lowest BCUT2D eigenvalue weighted by atomic mass is 10.2. The quantitative estimate of drug-likeness (QED) is 0.827. The van der Waals surface area contributed by atoms with Crippen molar-refractivity contribution in [2.75, 3.05) is 7.11 Å². The number of aromatic nitrogens is 2. The summed E-state index contributed by atoms with van der Waals surface area (Å²) in [7, 11) is 1.60. The SMILES string of the molecule is COc1cccc(Br)c1-c1ncon1. The van der Waals surface area contributed by atoms with E-state index in [1.165, 1.54) is 6.39 Å². The molecule has 0 atom stereocenters. The second-order valence-corrected chi connectivity index (χ2v) is 3.43. The van der Waals surface area contributed by atoms with Crippen molar-refractivity contribution >= 4 is 15.9 Å². The van der Waals surface area contributed by atoms with Crippen LogP contribution in [0.2, 0.25) is 0 Å². The van der Waals surface area contributed by atoms with Crippen LogP contribution in [0, 0.1) is 0 Å². The Bertz CT molecular complexity index is 428. The molecule has 0 aliphatic rings. The highest BCUT2D eigenvalue weighted by atomic mass is 79.9. The van der Waals surface area contributed by atoms with Gasteiger partial charge in [0.1, 0.15) is 5.75 Å². The van der Waals surface area contributed by atoms with E-state index in [2.05, 4.69) is 30.6 Å². The molecule has 0 unspecified atom stereocenters. The van der Waals surface area contributed by atoms with Crippen LogP contribution in [0.1, 0.15) is 0 Å². The van der Waals surface area contributed by atoms with Gasteiger partial charge in [-0.1, -0.05) is 11.2 Å². The van der Waals surface area contributed by atoms with Crippen molar-refractivity contribution < 1.29 is 9.26 Å². The molecule has 1 aromatic heterocycles. The maximum atomic E-state index is 5.20. The Morgan fingerprint density at radius 3 is 2.93 bits per heavy atom. The molecule has 0 bridgehead atoms. The molecule has 0 aliphatic heterocycles. The third-order valence-corrected chi connectivity index (χ3v) is 2.44. The van der Waals surface area contributed by atoms with Gasteiger partial charge in [-0.2, -0.15) is 4.98 Å². The molecule has 4 nitrogen and oxygen atoms in total. The first-order valence-electron chi connectivity index (χ1n) is 3.92. The van der Waals surface area contributed by atoms with Gasteiger partial charge in [0.25, 0.3) is 0 Å². The Hall–Kier alpha value is -1.36. The first-order chi connectivity index (χ1) is 6.83. The van der Waals surface area contributed by atoms with Crippen molar-refractivity contribution in [1.29, 1.82) is 0 Å². The second-order valence-electron chi connectivity index (χ2n) is 2.57. The van der Waals surface area contributed by atoms with E-state index in [0.29, 0.717) is 11.6 Å². The Balaban J connectivity index is 2.61. The summed E-state index contributed by atoms with van der Waals surface area (Å²) in [6, 6.07) is 5.62. The Morgan fingerprint density at radius 1 is 1.43 bits per heavy atom. The molecule has 1 heterocycles. The fraction of sp³-hybridized carbons (Fsp3) is 0.111. The molecule has 0 amide bonds. The van der Waals surface area contributed by atoms with Crippen molar-refractivity contribution in [1.82, 2.24) is 10.1 Å². The molecule has 14 heavy (non-hydrogen) atoms. The molecule has 0 radical (unpaired) electrons. The maximum Gasteiger partial charge on any atom is 0.214 e. The van der Waals surface area contributed by atoms with Crippen molar-refractivity contribution in [2.45, 2.75) is 0 Å². The molecule has 2 aromatic rings. The number of benzene rings is 1. The number of hydrogen-bond donors (Lipinski definition) is 0. The summed E-state index contributed by atoms with van der Waals surface area (Å²) < 4.78 is 10.8. The standard InChI is InChI=1S/C9H7BrN2O2/c1-13-7-4-2-3-6(10)8(7)9-11-5-14-12-9/h2-5H,1H3. The zero-order valence-corrected chi connectivity index (χ0v) is 8.98. The lowest BCUT2D eigenvalue weighted by Gasteiger charge is -2.05. The normalized spacial score (nSPS) is 10.1. The number of nitrogens with zero attached hydrogens (tertiary/aromatic N) is 2. The van der Waals surface area contributed by atoms with Gasteiger partial charge in [0.2, 0.25) is 12.2 Å². The van der Waals surface area contributed by atoms with Gasteiger partial charge in [-0.05, 0) is 28.1 Å². The van der Waals surface area contributed by atoms with Crippen LogP contribution in [0.3, 0.4) is 0 Å². The molecule has 0 aliphatic carbocycles. The van der Waals surface area contributed by atoms with E-state index >= 15 is 0 Å². The third kappa shape index (κ3) is 1.50. The Kier molecular flexibility index (Phi) is 2.49. The fourth-order valence-corrected chi connectivity index (χ4v) is 1.70. The average molecular weight is 255 g/mol. The van der Waals surface area contributed by atoms with Crippen LogP contribution < -0.4 is 4.74 Å². The van der Waals surface area contributed by atoms with Gasteiger partial charge in [-0.15, -0.1) is 0 Å². The number of hydrogen-bond acceptors (Lipinski definition) is 4. The summed E-state index contributed by atoms with van der Waals surface area (Å²) in [5.41, 5.74) is 0.795. The zero-order valence-electron chi connectivity index (χ0n) is 7.40. The van der Waals surface area contributed by atoms with Crippen molar-refractivity contribution in [2.24, 2.45) is 0 Å². The minimum Gasteiger partial charge on any atom is -0.496 e. The van der Waals surface area contributed by atoms with Crippen LogP contribution in [-0.2, 0) is 0 Å². The van der Waals surface area contributed by atoms with Crippen LogP contribution in [0.5, 0.6) is 5.75 Å². The highest BCUT2D eigenvalue weighted by Crippen LogP contribution is 2.34. The van der Waals surface area contributed by atoms with E-state index < -0.39 is 0 Å². The second kappa shape index (κ2) is 3.79. The summed E-state index contributed by atoms with van der Waals surface area (Å²) >= 11 is 3.41. The molecule has 0 saturated heterocycles. The van der Waals surface area contributed by atoms with Gasteiger partial charge in [0.15, 0.2) is 0 Å². The van der Waals surface area contributed by atoms with E-state index in [1.54, 1.807) is 7.11 Å². The molecule has 5 heteroatoms. The monoisotopic (exact) mass is 254 g/mol. The van der Waals surface area contributed by atoms with Crippen LogP contribution in [0.4, 0.5) is 0 Å². The third-order valence-electron chi connectivity index (χ3n) is 1.78. The Labute approximate surface area is 89.0 Å². The highest BCUT2D eigenvalue weighted by Gasteiger charge is 2.13. The minimum absolute atomic E-state index is 0.509. The van der Waals surface area contributed by atoms with Crippen LogP contribution >= 0.6 is 15.9 Å². The largest absolute Gasteiger partial charge is 0.496 e. The number of ether oxygens (including phenoxy) is 1. The van der Waals surface area contributed by atoms with Crippen LogP contribution in [-0.4, -0.2) is 17.3 Å². The zero-order chi connectivity index (χ0) is 9.97. The van der Waals surface area contributed by atoms with E-state index in [0.717, 1.165) is 10.0 Å². The maximum absolute atomic E-state index is 5.20. The molecule has 0 N–H and O–H groups in total. The molecule has 0 spiro atoms. The topological polar surface area (TPSA) is 48.2 Å². The smallest absolute Gasteiger partial charge is 0.214 e. The summed E-state index contributed by atoms with van der Waals surface area (Å²) in [4.78, 5) is 3.97. The van der Waals surface area contributed by atoms with E-state index in [9.17, 15) is 0 Å². The lowest BCUT2D eigenvalue weighted by Crippen LogP contribution is -1.90. The van der Waals surface area contributed by atoms with Crippen molar-refractivity contribution in [3.05, 3.63) is 29.1 Å². The number of halogens is 1. The average Bonchev–Trinajstić information content (AvgIpc) is 2.70. The lowest BCUT2D eigenvalue weighted by molar-refractivity contribution is 0.410. The summed E-state index contributed by atoms with van der Waals surface area (Å²) in [5.74, 6) is 1.22. The molecular formula is C9H7BrN2O2. The minimum atomic E-state index is 0.509. The molecule has 1 aromatic carbocycles.